The summed E-state index contributed by atoms with van der Waals surface area (Å²) in [5.41, 5.74) is 0.883. The SMILES string of the molecule is C[C@H](CC(=O)N[C@@H](CCCCNC(=O)OCc1ccccc1)C(=O)OCc1ccccc1)OC(=O)C[C@H](C)NC(=O)C[C@@H](C)OC(=O)C[C@H](C)NC(=O)[C@H](C)NC(=O)OC(C)(C)C. The van der Waals surface area contributed by atoms with Crippen molar-refractivity contribution in [1.82, 2.24) is 26.6 Å². The molecule has 2 aromatic rings. The maximum Gasteiger partial charge on any atom is 0.408 e. The molecular formula is C45H65N5O13. The molecule has 5 N–H and O–H groups in total. The van der Waals surface area contributed by atoms with Gasteiger partial charge >= 0.3 is 30.1 Å². The Labute approximate surface area is 369 Å². The largest absolute Gasteiger partial charge is 0.462 e. The van der Waals surface area contributed by atoms with Gasteiger partial charge in [0.25, 0.3) is 0 Å². The molecule has 0 aliphatic heterocycles. The van der Waals surface area contributed by atoms with Gasteiger partial charge in [-0.05, 0) is 85.8 Å². The number of hydrogen-bond donors (Lipinski definition) is 5. The van der Waals surface area contributed by atoms with Crippen LogP contribution in [0.1, 0.15) is 111 Å². The Kier molecular flexibility index (Phi) is 23.3. The van der Waals surface area contributed by atoms with Gasteiger partial charge in [0.15, 0.2) is 0 Å². The lowest BCUT2D eigenvalue weighted by Crippen LogP contribution is -2.49. The summed E-state index contributed by atoms with van der Waals surface area (Å²) in [5.74, 6) is -3.55. The first-order valence-corrected chi connectivity index (χ1v) is 21.1. The zero-order chi connectivity index (χ0) is 47.0. The van der Waals surface area contributed by atoms with E-state index in [9.17, 15) is 38.4 Å². The molecule has 348 valence electrons. The highest BCUT2D eigenvalue weighted by molar-refractivity contribution is 5.86. The third-order valence-corrected chi connectivity index (χ3v) is 8.72. The average Bonchev–Trinajstić information content (AvgIpc) is 3.17. The maximum absolute atomic E-state index is 13.1. The van der Waals surface area contributed by atoms with Gasteiger partial charge in [0, 0.05) is 18.6 Å². The zero-order valence-corrected chi connectivity index (χ0v) is 37.6. The lowest BCUT2D eigenvalue weighted by Gasteiger charge is -2.22. The summed E-state index contributed by atoms with van der Waals surface area (Å²) < 4.78 is 26.6. The van der Waals surface area contributed by atoms with E-state index in [1.165, 1.54) is 20.8 Å². The average molecular weight is 884 g/mol. The van der Waals surface area contributed by atoms with E-state index >= 15 is 0 Å². The van der Waals surface area contributed by atoms with Crippen LogP contribution in [-0.4, -0.2) is 96.3 Å². The van der Waals surface area contributed by atoms with Gasteiger partial charge in [0.1, 0.15) is 43.1 Å². The van der Waals surface area contributed by atoms with Crippen LogP contribution in [0.3, 0.4) is 0 Å². The molecule has 6 atom stereocenters. The smallest absolute Gasteiger partial charge is 0.408 e. The highest BCUT2D eigenvalue weighted by atomic mass is 16.6. The van der Waals surface area contributed by atoms with E-state index in [2.05, 4.69) is 26.6 Å². The molecule has 0 unspecified atom stereocenters. The second-order valence-electron chi connectivity index (χ2n) is 16.4. The van der Waals surface area contributed by atoms with Crippen molar-refractivity contribution in [2.24, 2.45) is 0 Å². The molecule has 0 heterocycles. The van der Waals surface area contributed by atoms with E-state index < -0.39 is 89.8 Å². The van der Waals surface area contributed by atoms with Crippen molar-refractivity contribution in [2.45, 2.75) is 156 Å². The molecule has 2 rings (SSSR count). The number of amides is 5. The fourth-order valence-corrected chi connectivity index (χ4v) is 5.77. The number of hydrogen-bond acceptors (Lipinski definition) is 13. The second kappa shape index (κ2) is 27.7. The van der Waals surface area contributed by atoms with Crippen molar-refractivity contribution in [1.29, 1.82) is 0 Å². The molecule has 0 aliphatic carbocycles. The zero-order valence-electron chi connectivity index (χ0n) is 37.6. The number of nitrogens with one attached hydrogen (secondary N) is 5. The van der Waals surface area contributed by atoms with Crippen molar-refractivity contribution >= 4 is 47.8 Å². The molecule has 0 radical (unpaired) electrons. The first-order valence-electron chi connectivity index (χ1n) is 21.1. The number of alkyl carbamates (subject to hydrolysis) is 2. The Morgan fingerprint density at radius 3 is 1.59 bits per heavy atom. The van der Waals surface area contributed by atoms with Gasteiger partial charge in [0.2, 0.25) is 17.7 Å². The number of rotatable bonds is 25. The summed E-state index contributed by atoms with van der Waals surface area (Å²) in [4.78, 5) is 100. The molecular weight excluding hydrogens is 819 g/mol. The second-order valence-corrected chi connectivity index (χ2v) is 16.4. The van der Waals surface area contributed by atoms with Crippen LogP contribution in [0.5, 0.6) is 0 Å². The van der Waals surface area contributed by atoms with Crippen molar-refractivity contribution in [3.63, 3.8) is 0 Å². The third kappa shape index (κ3) is 24.7. The van der Waals surface area contributed by atoms with Crippen molar-refractivity contribution in [2.75, 3.05) is 6.54 Å². The Balaban J connectivity index is 1.75. The molecule has 0 aliphatic rings. The Bertz CT molecular complexity index is 1790. The van der Waals surface area contributed by atoms with E-state index in [0.29, 0.717) is 12.8 Å². The fraction of sp³-hybridized carbons (Fsp3) is 0.556. The first-order chi connectivity index (χ1) is 29.7. The van der Waals surface area contributed by atoms with Gasteiger partial charge in [-0.1, -0.05) is 60.7 Å². The highest BCUT2D eigenvalue weighted by Gasteiger charge is 2.26. The van der Waals surface area contributed by atoms with Gasteiger partial charge in [-0.25, -0.2) is 14.4 Å². The number of unbranched alkanes of at least 4 members (excludes halogenated alkanes) is 1. The minimum absolute atomic E-state index is 0.00642. The van der Waals surface area contributed by atoms with Crippen LogP contribution in [0.15, 0.2) is 60.7 Å². The summed E-state index contributed by atoms with van der Waals surface area (Å²) >= 11 is 0. The van der Waals surface area contributed by atoms with Gasteiger partial charge in [0.05, 0.1) is 25.7 Å². The van der Waals surface area contributed by atoms with Gasteiger partial charge in [-0.15, -0.1) is 0 Å². The van der Waals surface area contributed by atoms with E-state index in [4.69, 9.17) is 23.7 Å². The van der Waals surface area contributed by atoms with E-state index in [1.807, 2.05) is 48.5 Å². The molecule has 0 saturated heterocycles. The standard InChI is InChI=1S/C45H65N5O13/c1-29(47-37(51)25-31(3)61-40(54)24-30(2)48-41(55)33(5)49-44(58)63-45(6,7)8)23-39(53)62-32(4)26-38(52)50-36(42(56)59-27-34-17-11-9-12-18-34)21-15-16-22-46-43(57)60-28-35-19-13-10-14-20-35/h9-14,17-20,29-33,36H,15-16,21-28H2,1-8H3,(H,46,57)(H,47,51)(H,48,55)(H,49,58)(H,50,52)/t29-,30-,31+,32+,33-,36-/m0/s1. The van der Waals surface area contributed by atoms with Gasteiger partial charge < -0.3 is 50.3 Å². The Morgan fingerprint density at radius 1 is 0.571 bits per heavy atom. The molecule has 0 aromatic heterocycles. The van der Waals surface area contributed by atoms with Crippen LogP contribution in [-0.2, 0) is 65.7 Å². The quantitative estimate of drug-likeness (QED) is 0.0519. The number of esters is 3. The monoisotopic (exact) mass is 883 g/mol. The van der Waals surface area contributed by atoms with E-state index in [1.54, 1.807) is 46.8 Å². The fourth-order valence-electron chi connectivity index (χ4n) is 5.77. The molecule has 18 heteroatoms. The van der Waals surface area contributed by atoms with Gasteiger partial charge in [-0.3, -0.25) is 24.0 Å². The van der Waals surface area contributed by atoms with Crippen molar-refractivity contribution < 1.29 is 62.0 Å². The molecule has 18 nitrogen and oxygen atoms in total. The van der Waals surface area contributed by atoms with Crippen molar-refractivity contribution in [3.05, 3.63) is 71.8 Å². The van der Waals surface area contributed by atoms with Crippen LogP contribution in [0.4, 0.5) is 9.59 Å². The minimum Gasteiger partial charge on any atom is -0.462 e. The molecule has 0 spiro atoms. The highest BCUT2D eigenvalue weighted by Crippen LogP contribution is 2.11. The predicted molar refractivity (Wildman–Crippen MR) is 230 cm³/mol. The third-order valence-electron chi connectivity index (χ3n) is 8.72. The summed E-state index contributed by atoms with van der Waals surface area (Å²) in [6.45, 7) is 13.2. The molecule has 5 amide bonds. The van der Waals surface area contributed by atoms with E-state index in [-0.39, 0.29) is 51.9 Å². The Morgan fingerprint density at radius 2 is 1.06 bits per heavy atom. The lowest BCUT2D eigenvalue weighted by molar-refractivity contribution is -0.152. The van der Waals surface area contributed by atoms with Crippen LogP contribution in [0.2, 0.25) is 0 Å². The number of carbonyl (C=O) groups is 8. The van der Waals surface area contributed by atoms with Crippen LogP contribution >= 0.6 is 0 Å². The number of carbonyl (C=O) groups excluding carboxylic acids is 8. The van der Waals surface area contributed by atoms with Crippen LogP contribution in [0.25, 0.3) is 0 Å². The summed E-state index contributed by atoms with van der Waals surface area (Å²) in [5, 5.41) is 13.0. The van der Waals surface area contributed by atoms with Crippen LogP contribution < -0.4 is 26.6 Å². The summed E-state index contributed by atoms with van der Waals surface area (Å²) in [6.07, 6.45) is -2.73. The molecule has 0 saturated carbocycles. The summed E-state index contributed by atoms with van der Waals surface area (Å²) in [6, 6.07) is 15.1. The maximum atomic E-state index is 13.1. The normalized spacial score (nSPS) is 13.8. The molecule has 63 heavy (non-hydrogen) atoms. The topological polar surface area (TPSA) is 243 Å². The first kappa shape index (κ1) is 52.9. The number of ether oxygens (including phenoxy) is 5. The molecule has 0 fully saturated rings. The minimum atomic E-state index is -1.00. The van der Waals surface area contributed by atoms with Crippen molar-refractivity contribution in [3.8, 4) is 0 Å². The number of benzene rings is 2. The molecule has 2 aromatic carbocycles. The van der Waals surface area contributed by atoms with Crippen LogP contribution in [0, 0.1) is 0 Å². The van der Waals surface area contributed by atoms with Gasteiger partial charge in [-0.2, -0.15) is 0 Å². The Hall–Kier alpha value is -6.20. The summed E-state index contributed by atoms with van der Waals surface area (Å²) in [7, 11) is 0. The molecule has 0 bridgehead atoms. The van der Waals surface area contributed by atoms with E-state index in [0.717, 1.165) is 11.1 Å². The predicted octanol–water partition coefficient (Wildman–Crippen LogP) is 4.66. The lowest BCUT2D eigenvalue weighted by atomic mass is 10.1.